The first-order chi connectivity index (χ1) is 20.5. The molecule has 0 saturated heterocycles. The van der Waals surface area contributed by atoms with Crippen molar-refractivity contribution in [2.45, 2.75) is 20.3 Å². The van der Waals surface area contributed by atoms with Crippen LogP contribution in [0.2, 0.25) is 0 Å². The molecule has 212 valence electrons. The predicted molar refractivity (Wildman–Crippen MR) is 164 cm³/mol. The Kier molecular flexibility index (Phi) is 8.63. The molecule has 5 rings (SSSR count). The zero-order valence-electron chi connectivity index (χ0n) is 23.6. The summed E-state index contributed by atoms with van der Waals surface area (Å²) in [5, 5.41) is 5.18. The lowest BCUT2D eigenvalue weighted by Crippen LogP contribution is -2.19. The van der Waals surface area contributed by atoms with Crippen molar-refractivity contribution in [1.82, 2.24) is 10.4 Å². The zero-order chi connectivity index (χ0) is 29.5. The Hall–Kier alpha value is -5.37. The van der Waals surface area contributed by atoms with E-state index in [9.17, 15) is 9.59 Å². The fourth-order valence-corrected chi connectivity index (χ4v) is 4.71. The Bertz CT molecular complexity index is 1740. The standard InChI is InChI=1S/C34H31N3O5/c1-4-23-12-9-13-27-30(24-10-7-6-8-11-24)32(36-31(23)27)33(38)37-35-21-22-14-19-28(29(20-22)41-5-2)42-34(39)25-15-17-26(40-3)18-16-25/h6-21,36H,4-5H2,1-3H3,(H,37,38). The van der Waals surface area contributed by atoms with E-state index >= 15 is 0 Å². The van der Waals surface area contributed by atoms with Crippen LogP contribution in [0.1, 0.15) is 45.8 Å². The number of amides is 1. The maximum atomic E-state index is 13.4. The van der Waals surface area contributed by atoms with E-state index in [1.165, 1.54) is 6.21 Å². The number of H-pyrrole nitrogens is 1. The SMILES string of the molecule is CCOc1cc(C=NNC(=O)c2[nH]c3c(CC)cccc3c2-c2ccccc2)ccc1OC(=O)c1ccc(OC)cc1. The number of carbonyl (C=O) groups excluding carboxylic acids is 2. The second-order valence-corrected chi connectivity index (χ2v) is 9.39. The van der Waals surface area contributed by atoms with E-state index in [1.807, 2.05) is 49.4 Å². The highest BCUT2D eigenvalue weighted by atomic mass is 16.6. The molecule has 0 aliphatic carbocycles. The molecule has 1 heterocycles. The van der Waals surface area contributed by atoms with Crippen LogP contribution < -0.4 is 19.6 Å². The summed E-state index contributed by atoms with van der Waals surface area (Å²) in [7, 11) is 1.56. The molecular formula is C34H31N3O5. The van der Waals surface area contributed by atoms with E-state index in [0.29, 0.717) is 34.9 Å². The summed E-state index contributed by atoms with van der Waals surface area (Å²) >= 11 is 0. The molecule has 0 fully saturated rings. The number of carbonyl (C=O) groups is 2. The molecule has 1 amide bonds. The number of benzene rings is 4. The van der Waals surface area contributed by atoms with Gasteiger partial charge >= 0.3 is 5.97 Å². The molecule has 2 N–H and O–H groups in total. The van der Waals surface area contributed by atoms with Crippen LogP contribution >= 0.6 is 0 Å². The van der Waals surface area contributed by atoms with Crippen molar-refractivity contribution in [3.8, 4) is 28.4 Å². The van der Waals surface area contributed by atoms with Gasteiger partial charge in [0.05, 0.1) is 25.5 Å². The van der Waals surface area contributed by atoms with Crippen molar-refractivity contribution in [3.63, 3.8) is 0 Å². The maximum Gasteiger partial charge on any atom is 0.343 e. The van der Waals surface area contributed by atoms with Gasteiger partial charge in [-0.25, -0.2) is 10.2 Å². The number of para-hydroxylation sites is 1. The van der Waals surface area contributed by atoms with Gasteiger partial charge in [-0.3, -0.25) is 4.79 Å². The van der Waals surface area contributed by atoms with Crippen LogP contribution in [0.3, 0.4) is 0 Å². The van der Waals surface area contributed by atoms with Crippen molar-refractivity contribution in [2.75, 3.05) is 13.7 Å². The Morgan fingerprint density at radius 3 is 2.40 bits per heavy atom. The Balaban J connectivity index is 1.36. The van der Waals surface area contributed by atoms with Crippen molar-refractivity contribution < 1.29 is 23.8 Å². The number of nitrogens with one attached hydrogen (secondary N) is 2. The average molecular weight is 562 g/mol. The molecule has 0 saturated carbocycles. The van der Waals surface area contributed by atoms with Crippen LogP contribution in [-0.2, 0) is 6.42 Å². The molecule has 0 aliphatic heterocycles. The fourth-order valence-electron chi connectivity index (χ4n) is 4.71. The van der Waals surface area contributed by atoms with Crippen LogP contribution in [0, 0.1) is 0 Å². The first-order valence-electron chi connectivity index (χ1n) is 13.7. The topological polar surface area (TPSA) is 102 Å². The molecule has 5 aromatic rings. The van der Waals surface area contributed by atoms with E-state index in [4.69, 9.17) is 14.2 Å². The number of esters is 1. The molecular weight excluding hydrogens is 530 g/mol. The van der Waals surface area contributed by atoms with Crippen molar-refractivity contribution >= 4 is 29.0 Å². The molecule has 42 heavy (non-hydrogen) atoms. The summed E-state index contributed by atoms with van der Waals surface area (Å²) in [6.07, 6.45) is 2.34. The molecule has 8 heteroatoms. The average Bonchev–Trinajstić information content (AvgIpc) is 3.43. The quantitative estimate of drug-likeness (QED) is 0.0846. The number of hydrazone groups is 1. The van der Waals surface area contributed by atoms with Gasteiger partial charge in [0.1, 0.15) is 11.4 Å². The largest absolute Gasteiger partial charge is 0.497 e. The summed E-state index contributed by atoms with van der Waals surface area (Å²) in [6.45, 7) is 4.29. The second kappa shape index (κ2) is 12.9. The summed E-state index contributed by atoms with van der Waals surface area (Å²) in [4.78, 5) is 29.4. The summed E-state index contributed by atoms with van der Waals surface area (Å²) < 4.78 is 16.4. The lowest BCUT2D eigenvalue weighted by molar-refractivity contribution is 0.0728. The van der Waals surface area contributed by atoms with Gasteiger partial charge in [0, 0.05) is 16.5 Å². The first kappa shape index (κ1) is 28.2. The van der Waals surface area contributed by atoms with Crippen molar-refractivity contribution in [1.29, 1.82) is 0 Å². The normalized spacial score (nSPS) is 11.0. The van der Waals surface area contributed by atoms with E-state index in [-0.39, 0.29) is 11.7 Å². The monoisotopic (exact) mass is 561 g/mol. The minimum absolute atomic E-state index is 0.274. The number of nitrogens with zero attached hydrogens (tertiary/aromatic N) is 1. The van der Waals surface area contributed by atoms with Gasteiger partial charge in [0.25, 0.3) is 5.91 Å². The molecule has 0 radical (unpaired) electrons. The van der Waals surface area contributed by atoms with Crippen LogP contribution in [0.4, 0.5) is 0 Å². The third-order valence-corrected chi connectivity index (χ3v) is 6.77. The molecule has 0 aliphatic rings. The Morgan fingerprint density at radius 2 is 1.69 bits per heavy atom. The molecule has 0 bridgehead atoms. The molecule has 1 aromatic heterocycles. The van der Waals surface area contributed by atoms with Crippen LogP contribution in [0.5, 0.6) is 17.2 Å². The van der Waals surface area contributed by atoms with Gasteiger partial charge < -0.3 is 19.2 Å². The Labute approximate surface area is 243 Å². The van der Waals surface area contributed by atoms with Crippen molar-refractivity contribution in [3.05, 3.63) is 113 Å². The number of hydrogen-bond acceptors (Lipinski definition) is 6. The fraction of sp³-hybridized carbons (Fsp3) is 0.147. The van der Waals surface area contributed by atoms with Crippen LogP contribution in [-0.4, -0.2) is 36.8 Å². The van der Waals surface area contributed by atoms with E-state index < -0.39 is 5.97 Å². The highest BCUT2D eigenvalue weighted by molar-refractivity contribution is 6.10. The zero-order valence-corrected chi connectivity index (χ0v) is 23.6. The molecule has 0 atom stereocenters. The van der Waals surface area contributed by atoms with E-state index in [2.05, 4.69) is 28.5 Å². The highest BCUT2D eigenvalue weighted by Gasteiger charge is 2.20. The highest BCUT2D eigenvalue weighted by Crippen LogP contribution is 2.34. The summed E-state index contributed by atoms with van der Waals surface area (Å²) in [5.74, 6) is 0.410. The number of ether oxygens (including phenoxy) is 3. The number of rotatable bonds is 10. The second-order valence-electron chi connectivity index (χ2n) is 9.39. The molecule has 8 nitrogen and oxygen atoms in total. The van der Waals surface area contributed by atoms with Gasteiger partial charge in [-0.15, -0.1) is 0 Å². The third-order valence-electron chi connectivity index (χ3n) is 6.77. The van der Waals surface area contributed by atoms with Crippen LogP contribution in [0.15, 0.2) is 96.1 Å². The predicted octanol–water partition coefficient (Wildman–Crippen LogP) is 6.79. The number of aromatic nitrogens is 1. The van der Waals surface area contributed by atoms with Crippen LogP contribution in [0.25, 0.3) is 22.0 Å². The summed E-state index contributed by atoms with van der Waals surface area (Å²) in [6, 6.07) is 27.6. The number of methoxy groups -OCH3 is 1. The number of hydrogen-bond donors (Lipinski definition) is 2. The number of aryl methyl sites for hydroxylation is 1. The van der Waals surface area contributed by atoms with Gasteiger partial charge in [-0.2, -0.15) is 5.10 Å². The maximum absolute atomic E-state index is 13.4. The Morgan fingerprint density at radius 1 is 0.905 bits per heavy atom. The lowest BCUT2D eigenvalue weighted by Gasteiger charge is -2.11. The van der Waals surface area contributed by atoms with E-state index in [1.54, 1.807) is 49.6 Å². The molecule has 0 spiro atoms. The number of aromatic amines is 1. The van der Waals surface area contributed by atoms with Gasteiger partial charge in [-0.1, -0.05) is 55.5 Å². The minimum Gasteiger partial charge on any atom is -0.497 e. The first-order valence-corrected chi connectivity index (χ1v) is 13.7. The van der Waals surface area contributed by atoms with Gasteiger partial charge in [0.15, 0.2) is 11.5 Å². The van der Waals surface area contributed by atoms with Crippen molar-refractivity contribution in [2.24, 2.45) is 5.10 Å². The minimum atomic E-state index is -0.522. The molecule has 4 aromatic carbocycles. The van der Waals surface area contributed by atoms with Gasteiger partial charge in [-0.05, 0) is 72.5 Å². The lowest BCUT2D eigenvalue weighted by atomic mass is 10.00. The summed E-state index contributed by atoms with van der Waals surface area (Å²) in [5.41, 5.74) is 7.95. The number of fused-ring (bicyclic) bond motifs is 1. The van der Waals surface area contributed by atoms with E-state index in [0.717, 1.165) is 34.0 Å². The molecule has 0 unspecified atom stereocenters. The van der Waals surface area contributed by atoms with Gasteiger partial charge in [0.2, 0.25) is 0 Å². The third kappa shape index (κ3) is 6.02. The smallest absolute Gasteiger partial charge is 0.343 e.